The molecule has 0 radical (unpaired) electrons. The van der Waals surface area contributed by atoms with Gasteiger partial charge in [0.15, 0.2) is 5.78 Å². The number of carbonyl (C=O) groups excluding carboxylic acids is 1. The lowest BCUT2D eigenvalue weighted by molar-refractivity contribution is 0.0972. The third kappa shape index (κ3) is 4.96. The molecule has 162 valence electrons. The van der Waals surface area contributed by atoms with Gasteiger partial charge in [0.1, 0.15) is 11.9 Å². The van der Waals surface area contributed by atoms with Crippen molar-refractivity contribution in [3.63, 3.8) is 0 Å². The topological polar surface area (TPSA) is 61.2 Å². The zero-order valence-electron chi connectivity index (χ0n) is 18.0. The Hall–Kier alpha value is -2.73. The second-order valence-electron chi connectivity index (χ2n) is 8.20. The molecule has 1 aliphatic rings. The number of imidazole rings is 1. The van der Waals surface area contributed by atoms with E-state index in [1.54, 1.807) is 12.5 Å². The Bertz CT molecular complexity index is 1060. The van der Waals surface area contributed by atoms with E-state index in [4.69, 9.17) is 4.74 Å². The Morgan fingerprint density at radius 3 is 2.65 bits per heavy atom. The molecule has 0 spiro atoms. The van der Waals surface area contributed by atoms with Crippen molar-refractivity contribution in [2.24, 2.45) is 0 Å². The van der Waals surface area contributed by atoms with E-state index in [0.717, 1.165) is 40.8 Å². The molecule has 0 amide bonds. The molecule has 6 heteroatoms. The molecule has 0 fully saturated rings. The summed E-state index contributed by atoms with van der Waals surface area (Å²) < 4.78 is 21.4. The van der Waals surface area contributed by atoms with E-state index < -0.39 is 10.8 Å². The van der Waals surface area contributed by atoms with Crippen LogP contribution in [0.2, 0.25) is 0 Å². The molecule has 1 unspecified atom stereocenters. The summed E-state index contributed by atoms with van der Waals surface area (Å²) in [7, 11) is -1.04. The fourth-order valence-corrected chi connectivity index (χ4v) is 4.91. The smallest absolute Gasteiger partial charge is 0.163 e. The molecule has 2 atom stereocenters. The number of fused-ring (bicyclic) bond motifs is 1. The van der Waals surface area contributed by atoms with Crippen LogP contribution in [-0.4, -0.2) is 24.8 Å². The first-order chi connectivity index (χ1) is 15.0. The van der Waals surface area contributed by atoms with Crippen LogP contribution in [0, 0.1) is 0 Å². The van der Waals surface area contributed by atoms with E-state index in [9.17, 15) is 9.00 Å². The summed E-state index contributed by atoms with van der Waals surface area (Å²) in [6, 6.07) is 13.9. The van der Waals surface area contributed by atoms with Gasteiger partial charge in [0.2, 0.25) is 0 Å². The Morgan fingerprint density at radius 1 is 1.13 bits per heavy atom. The van der Waals surface area contributed by atoms with Crippen LogP contribution in [0.4, 0.5) is 0 Å². The van der Waals surface area contributed by atoms with E-state index in [2.05, 4.69) is 17.1 Å². The molecule has 0 bridgehead atoms. The van der Waals surface area contributed by atoms with Gasteiger partial charge in [-0.3, -0.25) is 9.00 Å². The van der Waals surface area contributed by atoms with Gasteiger partial charge in [-0.25, -0.2) is 4.98 Å². The fourth-order valence-electron chi connectivity index (χ4n) is 3.97. The average Bonchev–Trinajstić information content (AvgIpc) is 3.28. The van der Waals surface area contributed by atoms with Crippen LogP contribution in [0.1, 0.15) is 59.8 Å². The third-order valence-electron chi connectivity index (χ3n) is 5.71. The van der Waals surface area contributed by atoms with Gasteiger partial charge >= 0.3 is 0 Å². The molecule has 0 aliphatic heterocycles. The van der Waals surface area contributed by atoms with Gasteiger partial charge in [0, 0.05) is 46.0 Å². The van der Waals surface area contributed by atoms with Gasteiger partial charge in [-0.1, -0.05) is 44.2 Å². The molecular weight excluding hydrogens is 408 g/mol. The maximum atomic E-state index is 12.8. The lowest BCUT2D eigenvalue weighted by atomic mass is 9.87. The highest BCUT2D eigenvalue weighted by molar-refractivity contribution is 7.84. The number of rotatable bonds is 8. The van der Waals surface area contributed by atoms with Crippen molar-refractivity contribution in [3.05, 3.63) is 83.4 Å². The first-order valence-corrected chi connectivity index (χ1v) is 12.1. The fraction of sp³-hybridized carbons (Fsp3) is 0.360. The largest absolute Gasteiger partial charge is 0.484 e. The summed E-state index contributed by atoms with van der Waals surface area (Å²) in [5, 5.41) is 0.0406. The second-order valence-corrected chi connectivity index (χ2v) is 10.2. The normalized spacial score (nSPS) is 15.5. The minimum atomic E-state index is -1.04. The maximum Gasteiger partial charge on any atom is 0.163 e. The zero-order valence-corrected chi connectivity index (χ0v) is 18.8. The highest BCUT2D eigenvalue weighted by Crippen LogP contribution is 2.35. The van der Waals surface area contributed by atoms with Crippen molar-refractivity contribution in [2.75, 3.05) is 0 Å². The predicted octanol–water partition coefficient (Wildman–Crippen LogP) is 4.88. The van der Waals surface area contributed by atoms with E-state index in [1.165, 1.54) is 0 Å². The highest BCUT2D eigenvalue weighted by Gasteiger charge is 2.26. The standard InChI is InChI=1S/C25H28N2O3S/c1-18(2)31(29)16-22-20-9-6-10-23(28)21(20)11-12-24(22)30-25(15-27-14-13-26-17-27)19-7-4-3-5-8-19/h3-5,7-8,11-14,17-18,25H,6,9-10,15-16H2,1-2H3/t25-,31?/m1/s1. The first-order valence-electron chi connectivity index (χ1n) is 10.8. The summed E-state index contributed by atoms with van der Waals surface area (Å²) >= 11 is 0. The number of ketones is 1. The molecular formula is C25H28N2O3S. The Morgan fingerprint density at radius 2 is 1.94 bits per heavy atom. The molecule has 0 N–H and O–H groups in total. The molecule has 5 nitrogen and oxygen atoms in total. The number of Topliss-reactive ketones (excluding diaryl/α,β-unsaturated/α-hetero) is 1. The van der Waals surface area contributed by atoms with E-state index in [0.29, 0.717) is 18.7 Å². The van der Waals surface area contributed by atoms with Crippen LogP contribution in [-0.2, 0) is 29.5 Å². The zero-order chi connectivity index (χ0) is 21.8. The predicted molar refractivity (Wildman–Crippen MR) is 123 cm³/mol. The van der Waals surface area contributed by atoms with E-state index >= 15 is 0 Å². The molecule has 3 aromatic rings. The Kier molecular flexibility index (Phi) is 6.66. The van der Waals surface area contributed by atoms with Crippen molar-refractivity contribution in [1.29, 1.82) is 0 Å². The molecule has 0 saturated carbocycles. The molecule has 4 rings (SSSR count). The van der Waals surface area contributed by atoms with Gasteiger partial charge < -0.3 is 9.30 Å². The van der Waals surface area contributed by atoms with Crippen molar-refractivity contribution in [1.82, 2.24) is 9.55 Å². The lowest BCUT2D eigenvalue weighted by Gasteiger charge is -2.26. The van der Waals surface area contributed by atoms with Crippen LogP contribution >= 0.6 is 0 Å². The minimum Gasteiger partial charge on any atom is -0.484 e. The Labute approximate surface area is 185 Å². The van der Waals surface area contributed by atoms with Gasteiger partial charge in [-0.15, -0.1) is 0 Å². The van der Waals surface area contributed by atoms with Crippen molar-refractivity contribution >= 4 is 16.6 Å². The number of hydrogen-bond donors (Lipinski definition) is 0. The summed E-state index contributed by atoms with van der Waals surface area (Å²) in [5.74, 6) is 1.29. The quantitative estimate of drug-likeness (QED) is 0.505. The second kappa shape index (κ2) is 9.60. The average molecular weight is 437 g/mol. The van der Waals surface area contributed by atoms with Crippen molar-refractivity contribution in [2.45, 2.75) is 56.8 Å². The summed E-state index contributed by atoms with van der Waals surface area (Å²) in [4.78, 5) is 16.6. The van der Waals surface area contributed by atoms with Crippen LogP contribution < -0.4 is 4.74 Å². The first kappa shape index (κ1) is 21.5. The van der Waals surface area contributed by atoms with Gasteiger partial charge in [0.25, 0.3) is 0 Å². The summed E-state index contributed by atoms with van der Waals surface area (Å²) in [5.41, 5.74) is 3.75. The van der Waals surface area contributed by atoms with Crippen LogP contribution in [0.25, 0.3) is 0 Å². The molecule has 1 aromatic heterocycles. The molecule has 31 heavy (non-hydrogen) atoms. The summed E-state index contributed by atoms with van der Waals surface area (Å²) in [6.45, 7) is 4.53. The molecule has 1 heterocycles. The number of ether oxygens (including phenoxy) is 1. The highest BCUT2D eigenvalue weighted by atomic mass is 32.2. The molecule has 2 aromatic carbocycles. The molecule has 1 aliphatic carbocycles. The SMILES string of the molecule is CC(C)S(=O)Cc1c(O[C@H](Cn2ccnc2)c2ccccc2)ccc2c1CCCC2=O. The third-order valence-corrected chi connectivity index (χ3v) is 7.33. The molecule has 0 saturated heterocycles. The van der Waals surface area contributed by atoms with Crippen molar-refractivity contribution in [3.8, 4) is 5.75 Å². The number of nitrogens with zero attached hydrogens (tertiary/aromatic N) is 2. The maximum absolute atomic E-state index is 12.8. The lowest BCUT2D eigenvalue weighted by Crippen LogP contribution is -2.19. The number of benzene rings is 2. The number of carbonyl (C=O) groups is 1. The Balaban J connectivity index is 1.74. The van der Waals surface area contributed by atoms with Crippen molar-refractivity contribution < 1.29 is 13.7 Å². The van der Waals surface area contributed by atoms with Crippen LogP contribution in [0.5, 0.6) is 5.75 Å². The van der Waals surface area contributed by atoms with Gasteiger partial charge in [-0.2, -0.15) is 0 Å². The van der Waals surface area contributed by atoms with Crippen LogP contribution in [0.3, 0.4) is 0 Å². The van der Waals surface area contributed by atoms with Gasteiger partial charge in [-0.05, 0) is 36.1 Å². The van der Waals surface area contributed by atoms with Gasteiger partial charge in [0.05, 0.1) is 18.6 Å². The number of hydrogen-bond acceptors (Lipinski definition) is 4. The van der Waals surface area contributed by atoms with E-state index in [1.807, 2.05) is 54.9 Å². The monoisotopic (exact) mass is 436 g/mol. The number of aromatic nitrogens is 2. The van der Waals surface area contributed by atoms with Crippen LogP contribution in [0.15, 0.2) is 61.2 Å². The van der Waals surface area contributed by atoms with E-state index in [-0.39, 0.29) is 17.1 Å². The minimum absolute atomic E-state index is 0.0406. The summed E-state index contributed by atoms with van der Waals surface area (Å²) in [6.07, 6.45) is 7.43.